The largest absolute Gasteiger partial charge is 0.493 e. The number of benzene rings is 1. The van der Waals surface area contributed by atoms with Gasteiger partial charge < -0.3 is 15.2 Å². The van der Waals surface area contributed by atoms with Gasteiger partial charge in [-0.3, -0.25) is 0 Å². The van der Waals surface area contributed by atoms with Gasteiger partial charge in [-0.2, -0.15) is 0 Å². The van der Waals surface area contributed by atoms with Gasteiger partial charge in [0.05, 0.1) is 13.2 Å². The molecule has 0 aliphatic rings. The molecule has 0 aromatic heterocycles. The van der Waals surface area contributed by atoms with Gasteiger partial charge in [-0.05, 0) is 50.4 Å². The van der Waals surface area contributed by atoms with Crippen LogP contribution in [0.4, 0.5) is 0 Å². The van der Waals surface area contributed by atoms with E-state index in [0.717, 1.165) is 18.7 Å². The summed E-state index contributed by atoms with van der Waals surface area (Å²) in [6.07, 6.45) is 0.817. The smallest absolute Gasteiger partial charge is 0.125 e. The quantitative estimate of drug-likeness (QED) is 0.781. The average Bonchev–Trinajstić information content (AvgIpc) is 2.37. The van der Waals surface area contributed by atoms with E-state index in [1.165, 1.54) is 16.7 Å². The van der Waals surface area contributed by atoms with Crippen LogP contribution in [0.1, 0.15) is 30.0 Å². The molecule has 3 nitrogen and oxygen atoms in total. The highest BCUT2D eigenvalue weighted by Crippen LogP contribution is 2.25. The number of rotatable bonds is 7. The second kappa shape index (κ2) is 7.39. The van der Waals surface area contributed by atoms with Gasteiger partial charge in [-0.25, -0.2) is 0 Å². The third kappa shape index (κ3) is 4.00. The third-order valence-electron chi connectivity index (χ3n) is 3.30. The summed E-state index contributed by atoms with van der Waals surface area (Å²) in [7, 11) is 0. The lowest BCUT2D eigenvalue weighted by Crippen LogP contribution is -2.33. The van der Waals surface area contributed by atoms with E-state index < -0.39 is 0 Å². The van der Waals surface area contributed by atoms with E-state index >= 15 is 0 Å². The van der Waals surface area contributed by atoms with Gasteiger partial charge in [0.1, 0.15) is 5.75 Å². The van der Waals surface area contributed by atoms with Gasteiger partial charge in [0, 0.05) is 6.04 Å². The van der Waals surface area contributed by atoms with Crippen LogP contribution in [0.25, 0.3) is 0 Å². The van der Waals surface area contributed by atoms with Gasteiger partial charge >= 0.3 is 0 Å². The molecule has 1 rings (SSSR count). The number of likely N-dealkylation sites (N-methyl/N-ethyl adjacent to an activating group) is 1. The molecule has 102 valence electrons. The highest BCUT2D eigenvalue weighted by molar-refractivity contribution is 5.44. The van der Waals surface area contributed by atoms with Gasteiger partial charge in [0.15, 0.2) is 0 Å². The van der Waals surface area contributed by atoms with E-state index in [0.29, 0.717) is 6.61 Å². The minimum atomic E-state index is 0.125. The van der Waals surface area contributed by atoms with E-state index in [1.807, 2.05) is 6.92 Å². The van der Waals surface area contributed by atoms with Crippen LogP contribution in [0.5, 0.6) is 5.75 Å². The zero-order chi connectivity index (χ0) is 13.5. The zero-order valence-corrected chi connectivity index (χ0v) is 11.9. The molecule has 1 aromatic rings. The van der Waals surface area contributed by atoms with Crippen molar-refractivity contribution in [2.24, 2.45) is 0 Å². The van der Waals surface area contributed by atoms with Crippen LogP contribution in [0.2, 0.25) is 0 Å². The minimum Gasteiger partial charge on any atom is -0.493 e. The molecule has 0 amide bonds. The molecule has 1 atom stereocenters. The molecule has 18 heavy (non-hydrogen) atoms. The van der Waals surface area contributed by atoms with E-state index in [2.05, 4.69) is 38.2 Å². The second-order valence-corrected chi connectivity index (χ2v) is 4.73. The molecule has 0 aliphatic heterocycles. The topological polar surface area (TPSA) is 41.5 Å². The number of ether oxygens (including phenoxy) is 1. The number of aryl methyl sites for hydroxylation is 2. The Morgan fingerprint density at radius 2 is 1.89 bits per heavy atom. The number of hydrogen-bond donors (Lipinski definition) is 2. The summed E-state index contributed by atoms with van der Waals surface area (Å²) in [4.78, 5) is 0. The van der Waals surface area contributed by atoms with Crippen molar-refractivity contribution in [2.75, 3.05) is 19.8 Å². The van der Waals surface area contributed by atoms with Crippen molar-refractivity contribution in [3.05, 3.63) is 28.8 Å². The van der Waals surface area contributed by atoms with Crippen LogP contribution < -0.4 is 10.1 Å². The van der Waals surface area contributed by atoms with Crippen molar-refractivity contribution in [1.82, 2.24) is 5.32 Å². The highest BCUT2D eigenvalue weighted by Gasteiger charge is 2.09. The molecule has 0 bridgehead atoms. The molecule has 3 heteroatoms. The van der Waals surface area contributed by atoms with Crippen molar-refractivity contribution in [2.45, 2.75) is 40.2 Å². The van der Waals surface area contributed by atoms with E-state index in [-0.39, 0.29) is 12.6 Å². The maximum Gasteiger partial charge on any atom is 0.125 e. The summed E-state index contributed by atoms with van der Waals surface area (Å²) < 4.78 is 5.88. The van der Waals surface area contributed by atoms with Crippen molar-refractivity contribution >= 4 is 0 Å². The fourth-order valence-electron chi connectivity index (χ4n) is 2.00. The first-order valence-corrected chi connectivity index (χ1v) is 6.64. The molecule has 0 saturated carbocycles. The van der Waals surface area contributed by atoms with Crippen LogP contribution in [0.3, 0.4) is 0 Å². The van der Waals surface area contributed by atoms with Gasteiger partial charge in [0.25, 0.3) is 0 Å². The Labute approximate surface area is 110 Å². The van der Waals surface area contributed by atoms with Crippen LogP contribution in [0.15, 0.2) is 12.1 Å². The zero-order valence-electron chi connectivity index (χ0n) is 11.9. The summed E-state index contributed by atoms with van der Waals surface area (Å²) in [6, 6.07) is 4.33. The summed E-state index contributed by atoms with van der Waals surface area (Å²) in [5.74, 6) is 0.989. The molecule has 0 saturated heterocycles. The Bertz CT molecular complexity index is 377. The van der Waals surface area contributed by atoms with Crippen molar-refractivity contribution in [1.29, 1.82) is 0 Å². The molecule has 1 unspecified atom stereocenters. The SMILES string of the molecule is CCNC(CO)CCOc1c(C)ccc(C)c1C. The maximum atomic E-state index is 9.19. The molecule has 1 aromatic carbocycles. The summed E-state index contributed by atoms with van der Waals surface area (Å²) in [5.41, 5.74) is 3.63. The van der Waals surface area contributed by atoms with Crippen LogP contribution in [-0.4, -0.2) is 30.9 Å². The van der Waals surface area contributed by atoms with Crippen LogP contribution in [-0.2, 0) is 0 Å². The van der Waals surface area contributed by atoms with Crippen LogP contribution in [0, 0.1) is 20.8 Å². The monoisotopic (exact) mass is 251 g/mol. The van der Waals surface area contributed by atoms with Gasteiger partial charge in [-0.15, -0.1) is 0 Å². The molecular weight excluding hydrogens is 226 g/mol. The Kier molecular flexibility index (Phi) is 6.16. The average molecular weight is 251 g/mol. The lowest BCUT2D eigenvalue weighted by molar-refractivity contribution is 0.209. The standard InChI is InChI=1S/C15H25NO2/c1-5-16-14(10-17)8-9-18-15-12(3)7-6-11(2)13(15)4/h6-7,14,16-17H,5,8-10H2,1-4H3. The Balaban J connectivity index is 2.56. The summed E-state index contributed by atoms with van der Waals surface area (Å²) in [6.45, 7) is 9.94. The molecule has 2 N–H and O–H groups in total. The lowest BCUT2D eigenvalue weighted by Gasteiger charge is -2.17. The fraction of sp³-hybridized carbons (Fsp3) is 0.600. The molecular formula is C15H25NO2. The first kappa shape index (κ1) is 15.0. The predicted molar refractivity (Wildman–Crippen MR) is 75.3 cm³/mol. The molecule has 0 heterocycles. The highest BCUT2D eigenvalue weighted by atomic mass is 16.5. The molecule has 0 aliphatic carbocycles. The predicted octanol–water partition coefficient (Wildman–Crippen LogP) is 2.35. The van der Waals surface area contributed by atoms with E-state index in [4.69, 9.17) is 4.74 Å². The minimum absolute atomic E-state index is 0.125. The van der Waals surface area contributed by atoms with Crippen molar-refractivity contribution in [3.63, 3.8) is 0 Å². The second-order valence-electron chi connectivity index (χ2n) is 4.73. The summed E-state index contributed by atoms with van der Waals surface area (Å²) >= 11 is 0. The normalized spacial score (nSPS) is 12.5. The third-order valence-corrected chi connectivity index (χ3v) is 3.30. The fourth-order valence-corrected chi connectivity index (χ4v) is 2.00. The number of aliphatic hydroxyl groups excluding tert-OH is 1. The van der Waals surface area contributed by atoms with Gasteiger partial charge in [-0.1, -0.05) is 19.1 Å². The first-order chi connectivity index (χ1) is 8.60. The number of aliphatic hydroxyl groups is 1. The molecule has 0 radical (unpaired) electrons. The first-order valence-electron chi connectivity index (χ1n) is 6.64. The van der Waals surface area contributed by atoms with Crippen LogP contribution >= 0.6 is 0 Å². The Morgan fingerprint density at radius 1 is 1.22 bits per heavy atom. The maximum absolute atomic E-state index is 9.19. The van der Waals surface area contributed by atoms with Crippen molar-refractivity contribution < 1.29 is 9.84 Å². The summed E-state index contributed by atoms with van der Waals surface area (Å²) in [5, 5.41) is 12.4. The number of hydrogen-bond acceptors (Lipinski definition) is 3. The molecule has 0 fully saturated rings. The Hall–Kier alpha value is -1.06. The lowest BCUT2D eigenvalue weighted by atomic mass is 10.1. The Morgan fingerprint density at radius 3 is 2.50 bits per heavy atom. The van der Waals surface area contributed by atoms with E-state index in [9.17, 15) is 5.11 Å². The van der Waals surface area contributed by atoms with Crippen molar-refractivity contribution in [3.8, 4) is 5.75 Å². The number of nitrogens with one attached hydrogen (secondary N) is 1. The van der Waals surface area contributed by atoms with E-state index in [1.54, 1.807) is 0 Å². The molecule has 0 spiro atoms. The van der Waals surface area contributed by atoms with Gasteiger partial charge in [0.2, 0.25) is 0 Å².